The minimum absolute atomic E-state index is 0.0134. The molecule has 0 aromatic rings. The average molecular weight is 318 g/mol. The molecule has 0 aromatic carbocycles. The first-order valence-corrected chi connectivity index (χ1v) is 5.63. The van der Waals surface area contributed by atoms with Crippen molar-refractivity contribution in [1.82, 2.24) is 0 Å². The number of ether oxygens (including phenoxy) is 1. The summed E-state index contributed by atoms with van der Waals surface area (Å²) >= 11 is 4.32. The SMILES string of the molecule is CCC(=O)OC([SeH])([SeH])CCC(=O)O. The van der Waals surface area contributed by atoms with Crippen molar-refractivity contribution in [2.45, 2.75) is 29.6 Å². The molecule has 0 atom stereocenters. The van der Waals surface area contributed by atoms with Crippen LogP contribution in [0.15, 0.2) is 0 Å². The Bertz CT molecular complexity index is 203. The third-order valence-electron chi connectivity index (χ3n) is 1.23. The molecule has 0 heterocycles. The zero-order valence-corrected chi connectivity index (χ0v) is 10.9. The predicted octanol–water partition coefficient (Wildman–Crippen LogP) is -0.740. The number of aliphatic carboxylic acids is 1. The van der Waals surface area contributed by atoms with E-state index in [0.29, 0.717) is 6.42 Å². The molecule has 13 heavy (non-hydrogen) atoms. The van der Waals surface area contributed by atoms with Crippen molar-refractivity contribution in [2.75, 3.05) is 0 Å². The summed E-state index contributed by atoms with van der Waals surface area (Å²) in [5, 5.41) is 8.41. The van der Waals surface area contributed by atoms with Gasteiger partial charge in [0.1, 0.15) is 0 Å². The second-order valence-corrected chi connectivity index (χ2v) is 7.16. The Morgan fingerprint density at radius 3 is 2.38 bits per heavy atom. The zero-order valence-electron chi connectivity index (χ0n) is 7.19. The molecule has 0 rings (SSSR count). The maximum atomic E-state index is 10.9. The van der Waals surface area contributed by atoms with Crippen molar-refractivity contribution in [2.24, 2.45) is 0 Å². The summed E-state index contributed by atoms with van der Waals surface area (Å²) in [6.07, 6.45) is 0.568. The molecular formula is C7H12O4Se2. The van der Waals surface area contributed by atoms with Crippen LogP contribution in [0.1, 0.15) is 26.2 Å². The van der Waals surface area contributed by atoms with Gasteiger partial charge in [-0.2, -0.15) is 0 Å². The second-order valence-electron chi connectivity index (χ2n) is 2.46. The molecule has 0 aliphatic carbocycles. The van der Waals surface area contributed by atoms with E-state index in [1.165, 1.54) is 0 Å². The Kier molecular flexibility index (Phi) is 5.65. The number of carbonyl (C=O) groups is 2. The number of carboxylic acids is 1. The molecule has 0 saturated heterocycles. The van der Waals surface area contributed by atoms with E-state index in [1.807, 2.05) is 0 Å². The van der Waals surface area contributed by atoms with Gasteiger partial charge in [0, 0.05) is 0 Å². The maximum absolute atomic E-state index is 10.9. The van der Waals surface area contributed by atoms with Crippen molar-refractivity contribution in [3.8, 4) is 0 Å². The number of carbonyl (C=O) groups excluding carboxylic acids is 1. The standard InChI is InChI=1S/C7H12O4Se2/c1-2-6(10)11-7(12,13)4-3-5(8)9/h12-13H,2-4H2,1H3,(H,8,9). The Morgan fingerprint density at radius 1 is 1.46 bits per heavy atom. The van der Waals surface area contributed by atoms with Gasteiger partial charge in [-0.3, -0.25) is 0 Å². The topological polar surface area (TPSA) is 63.6 Å². The monoisotopic (exact) mass is 320 g/mol. The minimum atomic E-state index is -0.894. The van der Waals surface area contributed by atoms with E-state index >= 15 is 0 Å². The van der Waals surface area contributed by atoms with Gasteiger partial charge in [0.15, 0.2) is 0 Å². The summed E-state index contributed by atoms with van der Waals surface area (Å²) in [7, 11) is 0. The summed E-state index contributed by atoms with van der Waals surface area (Å²) in [4.78, 5) is 21.1. The molecule has 0 aliphatic heterocycles. The van der Waals surface area contributed by atoms with Crippen LogP contribution < -0.4 is 0 Å². The van der Waals surface area contributed by atoms with E-state index in [1.54, 1.807) is 6.92 Å². The molecule has 4 nitrogen and oxygen atoms in total. The predicted molar refractivity (Wildman–Crippen MR) is 50.3 cm³/mol. The molecule has 0 amide bonds. The van der Waals surface area contributed by atoms with Gasteiger partial charge in [-0.1, -0.05) is 0 Å². The summed E-state index contributed by atoms with van der Waals surface area (Å²) in [5.41, 5.74) is 0. The molecule has 1 N–H and O–H groups in total. The number of hydrogen-bond acceptors (Lipinski definition) is 3. The molecule has 0 unspecified atom stereocenters. The van der Waals surface area contributed by atoms with Gasteiger partial charge in [0.2, 0.25) is 0 Å². The Hall–Kier alpha value is -0.0210. The summed E-state index contributed by atoms with van der Waals surface area (Å²) in [6.45, 7) is 1.69. The summed E-state index contributed by atoms with van der Waals surface area (Å²) in [6, 6.07) is 0. The van der Waals surface area contributed by atoms with Gasteiger partial charge in [-0.15, -0.1) is 0 Å². The number of carboxylic acid groups (broad SMARTS) is 1. The molecule has 0 aliphatic rings. The van der Waals surface area contributed by atoms with Crippen LogP contribution in [0, 0.1) is 0 Å². The number of hydrogen-bond donors (Lipinski definition) is 1. The van der Waals surface area contributed by atoms with Crippen molar-refractivity contribution >= 4 is 44.0 Å². The molecule has 0 bridgehead atoms. The first kappa shape index (κ1) is 13.0. The second kappa shape index (κ2) is 5.66. The summed E-state index contributed by atoms with van der Waals surface area (Å²) < 4.78 is 4.18. The van der Waals surface area contributed by atoms with Gasteiger partial charge >= 0.3 is 93.0 Å². The van der Waals surface area contributed by atoms with Crippen molar-refractivity contribution < 1.29 is 19.4 Å². The molecule has 0 fully saturated rings. The average Bonchev–Trinajstić information content (AvgIpc) is 2.00. The summed E-state index contributed by atoms with van der Waals surface area (Å²) in [5.74, 6) is -1.22. The Morgan fingerprint density at radius 2 is 2.00 bits per heavy atom. The first-order chi connectivity index (χ1) is 5.87. The van der Waals surface area contributed by atoms with Crippen LogP contribution >= 0.6 is 0 Å². The van der Waals surface area contributed by atoms with E-state index < -0.39 is 9.37 Å². The Balaban J connectivity index is 3.92. The van der Waals surface area contributed by atoms with Crippen molar-refractivity contribution in [3.63, 3.8) is 0 Å². The van der Waals surface area contributed by atoms with Gasteiger partial charge in [-0.25, -0.2) is 0 Å². The quantitative estimate of drug-likeness (QED) is 0.536. The van der Waals surface area contributed by atoms with Crippen LogP contribution in [0.25, 0.3) is 0 Å². The fourth-order valence-corrected chi connectivity index (χ4v) is 1.47. The van der Waals surface area contributed by atoms with Crippen molar-refractivity contribution in [3.05, 3.63) is 0 Å². The van der Waals surface area contributed by atoms with Gasteiger partial charge in [-0.05, 0) is 0 Å². The van der Waals surface area contributed by atoms with Crippen LogP contribution in [0.2, 0.25) is 0 Å². The van der Waals surface area contributed by atoms with E-state index in [2.05, 4.69) is 32.0 Å². The normalized spacial score (nSPS) is 11.0. The molecule has 76 valence electrons. The molecule has 0 saturated carbocycles. The van der Waals surface area contributed by atoms with Gasteiger partial charge in [0.25, 0.3) is 0 Å². The van der Waals surface area contributed by atoms with E-state index in [-0.39, 0.29) is 18.8 Å². The van der Waals surface area contributed by atoms with E-state index in [4.69, 9.17) is 9.84 Å². The van der Waals surface area contributed by atoms with E-state index in [0.717, 1.165) is 0 Å². The zero-order chi connectivity index (χ0) is 10.5. The van der Waals surface area contributed by atoms with Crippen LogP contribution in [-0.2, 0) is 14.3 Å². The number of rotatable bonds is 5. The molecule has 0 radical (unpaired) electrons. The number of esters is 1. The van der Waals surface area contributed by atoms with Gasteiger partial charge in [0.05, 0.1) is 0 Å². The van der Waals surface area contributed by atoms with Crippen molar-refractivity contribution in [1.29, 1.82) is 0 Å². The van der Waals surface area contributed by atoms with Gasteiger partial charge < -0.3 is 0 Å². The Labute approximate surface area is 93.0 Å². The third-order valence-corrected chi connectivity index (χ3v) is 2.55. The fourth-order valence-electron chi connectivity index (χ4n) is 0.575. The fraction of sp³-hybridized carbons (Fsp3) is 0.714. The van der Waals surface area contributed by atoms with E-state index in [9.17, 15) is 9.59 Å². The van der Waals surface area contributed by atoms with Crippen LogP contribution in [0.3, 0.4) is 0 Å². The molecular weight excluding hydrogens is 306 g/mol. The van der Waals surface area contributed by atoms with Crippen LogP contribution in [-0.4, -0.2) is 52.5 Å². The third kappa shape index (κ3) is 7.08. The molecule has 0 aromatic heterocycles. The van der Waals surface area contributed by atoms with Crippen LogP contribution in [0.5, 0.6) is 0 Å². The van der Waals surface area contributed by atoms with Crippen LogP contribution in [0.4, 0.5) is 0 Å². The molecule has 6 heteroatoms. The molecule has 0 spiro atoms. The first-order valence-electron chi connectivity index (χ1n) is 3.76.